The highest BCUT2D eigenvalue weighted by Crippen LogP contribution is 2.27. The number of carbonyl (C=O) groups is 2. The predicted octanol–water partition coefficient (Wildman–Crippen LogP) is 3.58. The second kappa shape index (κ2) is 12.0. The number of amides is 2. The van der Waals surface area contributed by atoms with Crippen LogP contribution in [-0.4, -0.2) is 50.5 Å². The summed E-state index contributed by atoms with van der Waals surface area (Å²) in [5.74, 6) is -1.60. The molecule has 2 amide bonds. The molecule has 2 aromatic rings. The fraction of sp³-hybridized carbons (Fsp3) is 0.391. The molecule has 0 saturated carbocycles. The van der Waals surface area contributed by atoms with Crippen LogP contribution in [0.3, 0.4) is 0 Å². The molecule has 7 nitrogen and oxygen atoms in total. The standard InChI is InChI=1S/C23H29ClFN3O4S/c1-4-5-14-26-23(30)17(2)27(15-18-10-6-8-12-20(18)25)22(29)16-28(33(3,31)32)21-13-9-7-11-19(21)24/h6-13,17H,4-5,14-16H2,1-3H3,(H,26,30). The molecule has 10 heteroatoms. The van der Waals surface area contributed by atoms with Crippen molar-refractivity contribution in [2.45, 2.75) is 39.3 Å². The van der Waals surface area contributed by atoms with Crippen molar-refractivity contribution in [3.63, 3.8) is 0 Å². The lowest BCUT2D eigenvalue weighted by molar-refractivity contribution is -0.139. The van der Waals surface area contributed by atoms with Gasteiger partial charge in [0.25, 0.3) is 0 Å². The number of halogens is 2. The van der Waals surface area contributed by atoms with Gasteiger partial charge in [0.05, 0.1) is 17.0 Å². The van der Waals surface area contributed by atoms with Crippen LogP contribution < -0.4 is 9.62 Å². The number of carbonyl (C=O) groups excluding carboxylic acids is 2. The van der Waals surface area contributed by atoms with Gasteiger partial charge in [-0.3, -0.25) is 13.9 Å². The van der Waals surface area contributed by atoms with Gasteiger partial charge in [0.15, 0.2) is 0 Å². The molecule has 180 valence electrons. The fourth-order valence-corrected chi connectivity index (χ4v) is 4.33. The molecule has 33 heavy (non-hydrogen) atoms. The molecule has 0 spiro atoms. The second-order valence-electron chi connectivity index (χ2n) is 7.65. The first kappa shape index (κ1) is 26.6. The average molecular weight is 498 g/mol. The average Bonchev–Trinajstić information content (AvgIpc) is 2.76. The molecule has 0 aliphatic heterocycles. The van der Waals surface area contributed by atoms with E-state index in [1.54, 1.807) is 18.2 Å². The van der Waals surface area contributed by atoms with Gasteiger partial charge in [0.1, 0.15) is 18.4 Å². The third-order valence-electron chi connectivity index (χ3n) is 5.10. The largest absolute Gasteiger partial charge is 0.354 e. The Bertz CT molecular complexity index is 1080. The van der Waals surface area contributed by atoms with E-state index in [1.807, 2.05) is 6.92 Å². The van der Waals surface area contributed by atoms with Gasteiger partial charge < -0.3 is 10.2 Å². The number of benzene rings is 2. The van der Waals surface area contributed by atoms with E-state index in [9.17, 15) is 22.4 Å². The molecule has 0 heterocycles. The summed E-state index contributed by atoms with van der Waals surface area (Å²) in [6, 6.07) is 11.2. The molecule has 2 rings (SSSR count). The zero-order valence-electron chi connectivity index (χ0n) is 18.9. The molecule has 2 aromatic carbocycles. The number of sulfonamides is 1. The first-order chi connectivity index (χ1) is 15.6. The van der Waals surface area contributed by atoms with Crippen LogP contribution in [0.25, 0.3) is 0 Å². The van der Waals surface area contributed by atoms with Gasteiger partial charge in [-0.25, -0.2) is 12.8 Å². The molecular formula is C23H29ClFN3O4S. The molecular weight excluding hydrogens is 469 g/mol. The number of anilines is 1. The summed E-state index contributed by atoms with van der Waals surface area (Å²) < 4.78 is 40.2. The van der Waals surface area contributed by atoms with Gasteiger partial charge in [-0.05, 0) is 31.5 Å². The number of nitrogens with zero attached hydrogens (tertiary/aromatic N) is 2. The van der Waals surface area contributed by atoms with Crippen molar-refractivity contribution in [3.05, 3.63) is 64.9 Å². The highest BCUT2D eigenvalue weighted by Gasteiger charge is 2.31. The van der Waals surface area contributed by atoms with Crippen LogP contribution in [0.4, 0.5) is 10.1 Å². The molecule has 0 saturated heterocycles. The van der Waals surface area contributed by atoms with E-state index in [0.29, 0.717) is 6.54 Å². The molecule has 1 unspecified atom stereocenters. The Hall–Kier alpha value is -2.65. The highest BCUT2D eigenvalue weighted by atomic mass is 35.5. The maximum Gasteiger partial charge on any atom is 0.244 e. The zero-order valence-corrected chi connectivity index (χ0v) is 20.5. The van der Waals surface area contributed by atoms with Crippen LogP contribution in [0.2, 0.25) is 5.02 Å². The van der Waals surface area contributed by atoms with Crippen LogP contribution in [-0.2, 0) is 26.2 Å². The lowest BCUT2D eigenvalue weighted by atomic mass is 10.1. The quantitative estimate of drug-likeness (QED) is 0.481. The summed E-state index contributed by atoms with van der Waals surface area (Å²) >= 11 is 6.18. The van der Waals surface area contributed by atoms with Crippen LogP contribution in [0.5, 0.6) is 0 Å². The molecule has 0 fully saturated rings. The number of para-hydroxylation sites is 1. The Labute approximate surface area is 199 Å². The van der Waals surface area contributed by atoms with Crippen LogP contribution in [0.1, 0.15) is 32.3 Å². The summed E-state index contributed by atoms with van der Waals surface area (Å²) in [5.41, 5.74) is 0.351. The molecule has 0 radical (unpaired) electrons. The monoisotopic (exact) mass is 497 g/mol. The lowest BCUT2D eigenvalue weighted by Crippen LogP contribution is -2.51. The second-order valence-corrected chi connectivity index (χ2v) is 9.97. The van der Waals surface area contributed by atoms with E-state index in [2.05, 4.69) is 5.32 Å². The topological polar surface area (TPSA) is 86.8 Å². The molecule has 0 aromatic heterocycles. The predicted molar refractivity (Wildman–Crippen MR) is 128 cm³/mol. The molecule has 0 aliphatic rings. The Kier molecular flexibility index (Phi) is 9.67. The van der Waals surface area contributed by atoms with Gasteiger partial charge in [0.2, 0.25) is 21.8 Å². The normalized spacial score (nSPS) is 12.2. The number of nitrogens with one attached hydrogen (secondary N) is 1. The minimum absolute atomic E-state index is 0.140. The van der Waals surface area contributed by atoms with E-state index in [1.165, 1.54) is 42.2 Å². The SMILES string of the molecule is CCCCNC(=O)C(C)N(Cc1ccccc1F)C(=O)CN(c1ccccc1Cl)S(C)(=O)=O. The van der Waals surface area contributed by atoms with Crippen molar-refractivity contribution in [2.75, 3.05) is 23.7 Å². The number of rotatable bonds is 11. The number of unbranched alkanes of at least 4 members (excludes halogenated alkanes) is 1. The minimum atomic E-state index is -3.89. The van der Waals surface area contributed by atoms with Crippen LogP contribution >= 0.6 is 11.6 Å². The van der Waals surface area contributed by atoms with Gasteiger partial charge in [-0.1, -0.05) is 55.3 Å². The Morgan fingerprint density at radius 2 is 1.76 bits per heavy atom. The Morgan fingerprint density at radius 3 is 2.36 bits per heavy atom. The summed E-state index contributed by atoms with van der Waals surface area (Å²) in [6.07, 6.45) is 2.62. The summed E-state index contributed by atoms with van der Waals surface area (Å²) in [4.78, 5) is 27.2. The van der Waals surface area contributed by atoms with Crippen molar-refractivity contribution >= 4 is 39.1 Å². The maximum atomic E-state index is 14.3. The first-order valence-electron chi connectivity index (χ1n) is 10.6. The van der Waals surface area contributed by atoms with Crippen molar-refractivity contribution < 1.29 is 22.4 Å². The lowest BCUT2D eigenvalue weighted by Gasteiger charge is -2.31. The summed E-state index contributed by atoms with van der Waals surface area (Å²) in [6.45, 7) is 3.16. The Morgan fingerprint density at radius 1 is 1.12 bits per heavy atom. The molecule has 0 aliphatic carbocycles. The smallest absolute Gasteiger partial charge is 0.244 e. The van der Waals surface area contributed by atoms with Gasteiger partial charge in [-0.2, -0.15) is 0 Å². The third-order valence-corrected chi connectivity index (χ3v) is 6.54. The zero-order chi connectivity index (χ0) is 24.6. The Balaban J connectivity index is 2.37. The molecule has 0 bridgehead atoms. The van der Waals surface area contributed by atoms with Crippen molar-refractivity contribution in [1.82, 2.24) is 10.2 Å². The number of hydrogen-bond acceptors (Lipinski definition) is 4. The van der Waals surface area contributed by atoms with Gasteiger partial charge >= 0.3 is 0 Å². The van der Waals surface area contributed by atoms with Crippen molar-refractivity contribution in [2.24, 2.45) is 0 Å². The fourth-order valence-electron chi connectivity index (χ4n) is 3.18. The van der Waals surface area contributed by atoms with E-state index in [0.717, 1.165) is 23.4 Å². The van der Waals surface area contributed by atoms with Crippen LogP contribution in [0.15, 0.2) is 48.5 Å². The minimum Gasteiger partial charge on any atom is -0.354 e. The van der Waals surface area contributed by atoms with Crippen molar-refractivity contribution in [3.8, 4) is 0 Å². The van der Waals surface area contributed by atoms with E-state index >= 15 is 0 Å². The molecule has 1 atom stereocenters. The summed E-state index contributed by atoms with van der Waals surface area (Å²) in [7, 11) is -3.89. The van der Waals surface area contributed by atoms with Crippen LogP contribution in [0, 0.1) is 5.82 Å². The third kappa shape index (κ3) is 7.43. The molecule has 1 N–H and O–H groups in total. The maximum absolute atomic E-state index is 14.3. The van der Waals surface area contributed by atoms with E-state index < -0.39 is 40.2 Å². The van der Waals surface area contributed by atoms with E-state index in [-0.39, 0.29) is 22.8 Å². The first-order valence-corrected chi connectivity index (χ1v) is 12.8. The highest BCUT2D eigenvalue weighted by molar-refractivity contribution is 7.92. The van der Waals surface area contributed by atoms with Gasteiger partial charge in [0, 0.05) is 18.7 Å². The van der Waals surface area contributed by atoms with Gasteiger partial charge in [-0.15, -0.1) is 0 Å². The summed E-state index contributed by atoms with van der Waals surface area (Å²) in [5, 5.41) is 2.92. The van der Waals surface area contributed by atoms with E-state index in [4.69, 9.17) is 11.6 Å². The van der Waals surface area contributed by atoms with Crippen molar-refractivity contribution in [1.29, 1.82) is 0 Å². The number of hydrogen-bond donors (Lipinski definition) is 1.